The van der Waals surface area contributed by atoms with E-state index in [1.807, 2.05) is 7.05 Å². The second-order valence-electron chi connectivity index (χ2n) is 4.07. The van der Waals surface area contributed by atoms with Crippen LogP contribution >= 0.6 is 0 Å². The lowest BCUT2D eigenvalue weighted by atomic mass is 9.88. The van der Waals surface area contributed by atoms with Crippen LogP contribution in [0, 0.1) is 11.3 Å². The molecule has 1 saturated heterocycles. The molecule has 0 aromatic carbocycles. The first-order chi connectivity index (χ1) is 6.22. The minimum Gasteiger partial charge on any atom is -0.357 e. The molecule has 2 rings (SSSR count). The second kappa shape index (κ2) is 3.13. The van der Waals surface area contributed by atoms with Crippen LogP contribution in [-0.2, 0) is 0 Å². The number of nitrogens with one attached hydrogen (secondary N) is 1. The first kappa shape index (κ1) is 8.73. The van der Waals surface area contributed by atoms with Crippen molar-refractivity contribution in [2.75, 3.05) is 13.6 Å². The van der Waals surface area contributed by atoms with Crippen LogP contribution in [0.5, 0.6) is 0 Å². The normalized spacial score (nSPS) is 34.2. The Morgan fingerprint density at radius 1 is 1.62 bits per heavy atom. The van der Waals surface area contributed by atoms with E-state index in [2.05, 4.69) is 16.8 Å². The van der Waals surface area contributed by atoms with Gasteiger partial charge < -0.3 is 10.3 Å². The van der Waals surface area contributed by atoms with Crippen LogP contribution in [0.1, 0.15) is 26.2 Å². The largest absolute Gasteiger partial charge is 0.357 e. The van der Waals surface area contributed by atoms with E-state index in [0.717, 1.165) is 30.9 Å². The van der Waals surface area contributed by atoms with Crippen molar-refractivity contribution in [2.45, 2.75) is 32.2 Å². The Kier molecular flexibility index (Phi) is 2.10. The standard InChI is InChI=1S/C10H17N3/c1-7(12-2)13-6-8-5-9(13)3-4-10(8)11/h8-9,11H,3-6H2,1-2H3. The fourth-order valence-corrected chi connectivity index (χ4v) is 2.49. The summed E-state index contributed by atoms with van der Waals surface area (Å²) in [6.07, 6.45) is 3.34. The van der Waals surface area contributed by atoms with Gasteiger partial charge in [-0.25, -0.2) is 0 Å². The summed E-state index contributed by atoms with van der Waals surface area (Å²) in [5, 5.41) is 7.79. The summed E-state index contributed by atoms with van der Waals surface area (Å²) in [7, 11) is 1.85. The SMILES string of the molecule is CN=C(C)N1CC2CC1CCC2=N. The predicted octanol–water partition coefficient (Wildman–Crippen LogP) is 1.54. The minimum absolute atomic E-state index is 0.524. The third-order valence-electron chi connectivity index (χ3n) is 3.39. The number of rotatable bonds is 0. The van der Waals surface area contributed by atoms with E-state index >= 15 is 0 Å². The van der Waals surface area contributed by atoms with Crippen molar-refractivity contribution in [3.8, 4) is 0 Å². The lowest BCUT2D eigenvalue weighted by Gasteiger charge is -2.25. The molecule has 0 amide bonds. The zero-order valence-electron chi connectivity index (χ0n) is 8.38. The van der Waals surface area contributed by atoms with Crippen molar-refractivity contribution < 1.29 is 0 Å². The molecule has 1 saturated carbocycles. The highest BCUT2D eigenvalue weighted by Gasteiger charge is 2.38. The van der Waals surface area contributed by atoms with Crippen LogP contribution in [0.4, 0.5) is 0 Å². The Hall–Kier alpha value is -0.860. The average Bonchev–Trinajstić information content (AvgIpc) is 2.50. The van der Waals surface area contributed by atoms with Gasteiger partial charge in [-0.05, 0) is 26.2 Å². The van der Waals surface area contributed by atoms with Crippen molar-refractivity contribution in [1.82, 2.24) is 4.90 Å². The number of amidine groups is 1. The number of hydrogen-bond donors (Lipinski definition) is 1. The molecule has 1 aliphatic heterocycles. The fourth-order valence-electron chi connectivity index (χ4n) is 2.49. The van der Waals surface area contributed by atoms with Crippen molar-refractivity contribution in [3.63, 3.8) is 0 Å². The molecule has 13 heavy (non-hydrogen) atoms. The van der Waals surface area contributed by atoms with Gasteiger partial charge in [0.1, 0.15) is 0 Å². The van der Waals surface area contributed by atoms with Crippen LogP contribution in [0.2, 0.25) is 0 Å². The van der Waals surface area contributed by atoms with E-state index in [9.17, 15) is 0 Å². The fraction of sp³-hybridized carbons (Fsp3) is 0.800. The Balaban J connectivity index is 2.14. The molecule has 0 aromatic heterocycles. The van der Waals surface area contributed by atoms with Gasteiger partial charge in [0.05, 0.1) is 5.84 Å². The molecule has 2 fully saturated rings. The third kappa shape index (κ3) is 1.36. The molecule has 2 aliphatic rings. The minimum atomic E-state index is 0.524. The van der Waals surface area contributed by atoms with Gasteiger partial charge in [0.25, 0.3) is 0 Å². The molecule has 0 aromatic rings. The topological polar surface area (TPSA) is 39.5 Å². The molecule has 0 spiro atoms. The second-order valence-corrected chi connectivity index (χ2v) is 4.07. The monoisotopic (exact) mass is 179 g/mol. The van der Waals surface area contributed by atoms with Crippen LogP contribution in [0.3, 0.4) is 0 Å². The molecule has 1 aliphatic carbocycles. The van der Waals surface area contributed by atoms with Crippen LogP contribution < -0.4 is 0 Å². The van der Waals surface area contributed by atoms with E-state index in [1.165, 1.54) is 6.42 Å². The molecule has 2 atom stereocenters. The Morgan fingerprint density at radius 2 is 2.38 bits per heavy atom. The lowest BCUT2D eigenvalue weighted by molar-refractivity contribution is 0.372. The first-order valence-corrected chi connectivity index (χ1v) is 4.99. The summed E-state index contributed by atoms with van der Waals surface area (Å²) >= 11 is 0. The van der Waals surface area contributed by atoms with Gasteiger partial charge in [0.2, 0.25) is 0 Å². The third-order valence-corrected chi connectivity index (χ3v) is 3.39. The molecule has 72 valence electrons. The average molecular weight is 179 g/mol. The van der Waals surface area contributed by atoms with Crippen molar-refractivity contribution >= 4 is 11.5 Å². The van der Waals surface area contributed by atoms with Crippen molar-refractivity contribution in [3.05, 3.63) is 0 Å². The van der Waals surface area contributed by atoms with Crippen LogP contribution in [0.15, 0.2) is 4.99 Å². The Morgan fingerprint density at radius 3 is 3.00 bits per heavy atom. The van der Waals surface area contributed by atoms with Crippen molar-refractivity contribution in [1.29, 1.82) is 5.41 Å². The zero-order valence-corrected chi connectivity index (χ0v) is 8.38. The van der Waals surface area contributed by atoms with Crippen LogP contribution in [-0.4, -0.2) is 36.1 Å². The molecule has 3 heteroatoms. The van der Waals surface area contributed by atoms with Crippen molar-refractivity contribution in [2.24, 2.45) is 10.9 Å². The molecular weight excluding hydrogens is 162 g/mol. The van der Waals surface area contributed by atoms with E-state index in [4.69, 9.17) is 5.41 Å². The molecule has 1 N–H and O–H groups in total. The predicted molar refractivity (Wildman–Crippen MR) is 54.6 cm³/mol. The van der Waals surface area contributed by atoms with Gasteiger partial charge in [-0.1, -0.05) is 0 Å². The molecule has 3 nitrogen and oxygen atoms in total. The van der Waals surface area contributed by atoms with Gasteiger partial charge in [-0.3, -0.25) is 4.99 Å². The lowest BCUT2D eigenvalue weighted by Crippen LogP contribution is -2.33. The Labute approximate surface area is 79.4 Å². The van der Waals surface area contributed by atoms with Crippen LogP contribution in [0.25, 0.3) is 0 Å². The highest BCUT2D eigenvalue weighted by molar-refractivity contribution is 5.88. The number of fused-ring (bicyclic) bond motifs is 2. The highest BCUT2D eigenvalue weighted by Crippen LogP contribution is 2.33. The number of aliphatic imine (C=N–C) groups is 1. The van der Waals surface area contributed by atoms with E-state index in [1.54, 1.807) is 0 Å². The number of likely N-dealkylation sites (tertiary alicyclic amines) is 1. The van der Waals surface area contributed by atoms with Gasteiger partial charge >= 0.3 is 0 Å². The quantitative estimate of drug-likeness (QED) is 0.444. The molecule has 1 heterocycles. The highest BCUT2D eigenvalue weighted by atomic mass is 15.2. The van der Waals surface area contributed by atoms with Gasteiger partial charge in [0.15, 0.2) is 0 Å². The summed E-state index contributed by atoms with van der Waals surface area (Å²) < 4.78 is 0. The summed E-state index contributed by atoms with van der Waals surface area (Å²) in [5.41, 5.74) is 0.961. The van der Waals surface area contributed by atoms with Gasteiger partial charge in [-0.15, -0.1) is 0 Å². The number of hydrogen-bond acceptors (Lipinski definition) is 2. The summed E-state index contributed by atoms with van der Waals surface area (Å²) in [4.78, 5) is 6.61. The summed E-state index contributed by atoms with van der Waals surface area (Å²) in [5.74, 6) is 1.66. The Bertz CT molecular complexity index is 257. The van der Waals surface area contributed by atoms with Gasteiger partial charge in [-0.2, -0.15) is 0 Å². The molecular formula is C10H17N3. The van der Waals surface area contributed by atoms with E-state index < -0.39 is 0 Å². The van der Waals surface area contributed by atoms with E-state index in [-0.39, 0.29) is 0 Å². The first-order valence-electron chi connectivity index (χ1n) is 4.99. The maximum absolute atomic E-state index is 7.79. The smallest absolute Gasteiger partial charge is 0.0956 e. The number of nitrogens with zero attached hydrogens (tertiary/aromatic N) is 2. The molecule has 2 bridgehead atoms. The van der Waals surface area contributed by atoms with E-state index in [0.29, 0.717) is 12.0 Å². The summed E-state index contributed by atoms with van der Waals surface area (Å²) in [6.45, 7) is 3.11. The van der Waals surface area contributed by atoms with Gasteiger partial charge in [0, 0.05) is 31.3 Å². The molecule has 0 radical (unpaired) electrons. The maximum Gasteiger partial charge on any atom is 0.0956 e. The molecule has 2 unspecified atom stereocenters. The maximum atomic E-state index is 7.79. The zero-order chi connectivity index (χ0) is 9.42. The summed E-state index contributed by atoms with van der Waals surface area (Å²) in [6, 6.07) is 0.669.